The predicted octanol–water partition coefficient (Wildman–Crippen LogP) is 3.87. The molecule has 0 unspecified atom stereocenters. The number of aliphatic imine (C=N–C) groups is 2. The summed E-state index contributed by atoms with van der Waals surface area (Å²) in [4.78, 5) is 8.96. The Balaban J connectivity index is 1.25. The van der Waals surface area contributed by atoms with Crippen LogP contribution in [0.3, 0.4) is 0 Å². The first-order chi connectivity index (χ1) is 18.1. The first-order valence-electron chi connectivity index (χ1n) is 12.4. The van der Waals surface area contributed by atoms with Crippen LogP contribution in [0.15, 0.2) is 64.6 Å². The Morgan fingerprint density at radius 3 is 1.54 bits per heavy atom. The van der Waals surface area contributed by atoms with Crippen molar-refractivity contribution in [2.75, 3.05) is 40.4 Å². The number of nitrogens with zero attached hydrogens (tertiary/aromatic N) is 2. The summed E-state index contributed by atoms with van der Waals surface area (Å²) in [6.45, 7) is 6.21. The lowest BCUT2D eigenvalue weighted by Gasteiger charge is -2.15. The molecular weight excluding hydrogens is 468 g/mol. The van der Waals surface area contributed by atoms with Crippen LogP contribution in [0.25, 0.3) is 0 Å². The topological polar surface area (TPSA) is 85.7 Å². The van der Waals surface area contributed by atoms with E-state index >= 15 is 0 Å². The molecule has 0 saturated heterocycles. The number of rotatable bonds is 10. The SMILES string of the molecule is COc1cc(C2=NCCN2)ccc1OCc1cc(C)cc(COc2ccc(C3=NCCN3)cc2OC)c1. The van der Waals surface area contributed by atoms with E-state index in [1.807, 2.05) is 36.4 Å². The van der Waals surface area contributed by atoms with Crippen molar-refractivity contribution in [3.05, 3.63) is 82.4 Å². The molecular formula is C29H32N4O4. The molecule has 2 aliphatic rings. The molecule has 0 spiro atoms. The van der Waals surface area contributed by atoms with Crippen molar-refractivity contribution in [3.8, 4) is 23.0 Å². The van der Waals surface area contributed by atoms with Crippen LogP contribution < -0.4 is 29.6 Å². The Morgan fingerprint density at radius 2 is 1.14 bits per heavy atom. The van der Waals surface area contributed by atoms with Gasteiger partial charge in [0.15, 0.2) is 23.0 Å². The second-order valence-electron chi connectivity index (χ2n) is 8.95. The lowest BCUT2D eigenvalue weighted by atomic mass is 10.1. The van der Waals surface area contributed by atoms with Crippen molar-refractivity contribution in [1.82, 2.24) is 10.6 Å². The van der Waals surface area contributed by atoms with Gasteiger partial charge in [-0.1, -0.05) is 17.7 Å². The van der Waals surface area contributed by atoms with E-state index in [9.17, 15) is 0 Å². The number of amidine groups is 2. The molecule has 37 heavy (non-hydrogen) atoms. The average Bonchev–Trinajstić information content (AvgIpc) is 3.65. The summed E-state index contributed by atoms with van der Waals surface area (Å²) >= 11 is 0. The summed E-state index contributed by atoms with van der Waals surface area (Å²) in [5.74, 6) is 4.52. The number of nitrogens with one attached hydrogen (secondary N) is 2. The van der Waals surface area contributed by atoms with E-state index < -0.39 is 0 Å². The van der Waals surface area contributed by atoms with E-state index in [-0.39, 0.29) is 0 Å². The van der Waals surface area contributed by atoms with Crippen molar-refractivity contribution in [2.24, 2.45) is 9.98 Å². The minimum atomic E-state index is 0.413. The fourth-order valence-corrected chi connectivity index (χ4v) is 4.49. The van der Waals surface area contributed by atoms with Crippen molar-refractivity contribution >= 4 is 11.7 Å². The number of ether oxygens (including phenoxy) is 4. The van der Waals surface area contributed by atoms with Gasteiger partial charge in [-0.3, -0.25) is 9.98 Å². The maximum absolute atomic E-state index is 6.14. The molecule has 0 atom stereocenters. The van der Waals surface area contributed by atoms with Gasteiger partial charge in [-0.05, 0) is 60.5 Å². The molecule has 5 rings (SSSR count). The third kappa shape index (κ3) is 5.80. The zero-order valence-corrected chi connectivity index (χ0v) is 21.5. The van der Waals surface area contributed by atoms with Crippen LogP contribution in [0.2, 0.25) is 0 Å². The highest BCUT2D eigenvalue weighted by Crippen LogP contribution is 2.31. The van der Waals surface area contributed by atoms with E-state index in [1.165, 1.54) is 0 Å². The molecule has 0 radical (unpaired) electrons. The summed E-state index contributed by atoms with van der Waals surface area (Å²) in [6.07, 6.45) is 0. The number of hydrogen-bond acceptors (Lipinski definition) is 8. The standard InChI is InChI=1S/C29H32N4O4/c1-19-12-20(17-36-24-6-4-22(15-26(24)34-2)28-30-8-9-31-28)14-21(13-19)18-37-25-7-5-23(16-27(25)35-3)29-32-10-11-33-29/h4-7,12-16H,8-11,17-18H2,1-3H3,(H,30,31)(H,32,33). The summed E-state index contributed by atoms with van der Waals surface area (Å²) in [5, 5.41) is 6.57. The first-order valence-corrected chi connectivity index (χ1v) is 12.4. The largest absolute Gasteiger partial charge is 0.493 e. The summed E-state index contributed by atoms with van der Waals surface area (Å²) in [7, 11) is 3.30. The van der Waals surface area contributed by atoms with Gasteiger partial charge < -0.3 is 29.6 Å². The summed E-state index contributed by atoms with van der Waals surface area (Å²) in [6, 6.07) is 18.1. The predicted molar refractivity (Wildman–Crippen MR) is 145 cm³/mol. The zero-order chi connectivity index (χ0) is 25.6. The van der Waals surface area contributed by atoms with Crippen molar-refractivity contribution in [3.63, 3.8) is 0 Å². The molecule has 0 aromatic heterocycles. The Hall–Kier alpha value is -4.20. The molecule has 192 valence electrons. The van der Waals surface area contributed by atoms with Gasteiger partial charge in [0.05, 0.1) is 27.3 Å². The third-order valence-corrected chi connectivity index (χ3v) is 6.21. The molecule has 0 saturated carbocycles. The van der Waals surface area contributed by atoms with E-state index in [0.29, 0.717) is 36.2 Å². The van der Waals surface area contributed by atoms with E-state index in [1.54, 1.807) is 14.2 Å². The number of aryl methyl sites for hydroxylation is 1. The third-order valence-electron chi connectivity index (χ3n) is 6.21. The van der Waals surface area contributed by atoms with E-state index in [4.69, 9.17) is 18.9 Å². The minimum absolute atomic E-state index is 0.413. The van der Waals surface area contributed by atoms with Gasteiger partial charge in [0.1, 0.15) is 24.9 Å². The lowest BCUT2D eigenvalue weighted by molar-refractivity contribution is 0.279. The highest BCUT2D eigenvalue weighted by molar-refractivity contribution is 6.00. The molecule has 8 nitrogen and oxygen atoms in total. The van der Waals surface area contributed by atoms with Gasteiger partial charge in [-0.25, -0.2) is 0 Å². The van der Waals surface area contributed by atoms with Crippen LogP contribution >= 0.6 is 0 Å². The smallest absolute Gasteiger partial charge is 0.161 e. The first kappa shape index (κ1) is 24.5. The highest BCUT2D eigenvalue weighted by atomic mass is 16.5. The van der Waals surface area contributed by atoms with Crippen LogP contribution in [0, 0.1) is 6.92 Å². The van der Waals surface area contributed by atoms with Crippen LogP contribution in [-0.2, 0) is 13.2 Å². The molecule has 0 fully saturated rings. The van der Waals surface area contributed by atoms with Crippen LogP contribution in [0.4, 0.5) is 0 Å². The van der Waals surface area contributed by atoms with Gasteiger partial charge in [0.2, 0.25) is 0 Å². The molecule has 0 bridgehead atoms. The molecule has 3 aromatic carbocycles. The molecule has 2 aliphatic heterocycles. The van der Waals surface area contributed by atoms with Crippen LogP contribution in [0.5, 0.6) is 23.0 Å². The normalized spacial score (nSPS) is 14.4. The maximum Gasteiger partial charge on any atom is 0.161 e. The van der Waals surface area contributed by atoms with Gasteiger partial charge in [0, 0.05) is 24.2 Å². The maximum atomic E-state index is 6.14. The van der Waals surface area contributed by atoms with Crippen molar-refractivity contribution < 1.29 is 18.9 Å². The molecule has 2 N–H and O–H groups in total. The number of hydrogen-bond donors (Lipinski definition) is 2. The zero-order valence-electron chi connectivity index (χ0n) is 21.5. The van der Waals surface area contributed by atoms with E-state index in [0.717, 1.165) is 65.7 Å². The summed E-state index contributed by atoms with van der Waals surface area (Å²) in [5.41, 5.74) is 5.23. The van der Waals surface area contributed by atoms with E-state index in [2.05, 4.69) is 45.7 Å². The number of methoxy groups -OCH3 is 2. The minimum Gasteiger partial charge on any atom is -0.493 e. The van der Waals surface area contributed by atoms with Crippen molar-refractivity contribution in [2.45, 2.75) is 20.1 Å². The Bertz CT molecular complexity index is 1240. The fraction of sp³-hybridized carbons (Fsp3) is 0.310. The molecule has 2 heterocycles. The van der Waals surface area contributed by atoms with Crippen LogP contribution in [0.1, 0.15) is 27.8 Å². The monoisotopic (exact) mass is 500 g/mol. The Kier molecular flexibility index (Phi) is 7.44. The lowest BCUT2D eigenvalue weighted by Crippen LogP contribution is -2.19. The molecule has 0 amide bonds. The van der Waals surface area contributed by atoms with Gasteiger partial charge in [-0.2, -0.15) is 0 Å². The van der Waals surface area contributed by atoms with Gasteiger partial charge >= 0.3 is 0 Å². The molecule has 0 aliphatic carbocycles. The van der Waals surface area contributed by atoms with Crippen LogP contribution in [-0.4, -0.2) is 52.1 Å². The number of benzene rings is 3. The van der Waals surface area contributed by atoms with Crippen molar-refractivity contribution in [1.29, 1.82) is 0 Å². The second-order valence-corrected chi connectivity index (χ2v) is 8.95. The highest BCUT2D eigenvalue weighted by Gasteiger charge is 2.14. The average molecular weight is 501 g/mol. The Labute approximate surface area is 217 Å². The summed E-state index contributed by atoms with van der Waals surface area (Å²) < 4.78 is 23.4. The second kappa shape index (κ2) is 11.2. The quantitative estimate of drug-likeness (QED) is 0.440. The van der Waals surface area contributed by atoms with Gasteiger partial charge in [0.25, 0.3) is 0 Å². The fourth-order valence-electron chi connectivity index (χ4n) is 4.49. The Morgan fingerprint density at radius 1 is 0.649 bits per heavy atom. The molecule has 3 aromatic rings. The molecule has 8 heteroatoms. The van der Waals surface area contributed by atoms with Gasteiger partial charge in [-0.15, -0.1) is 0 Å².